The molecule has 0 saturated carbocycles. The molecule has 0 spiro atoms. The minimum Gasteiger partial charge on any atom is -0.501 e. The minimum atomic E-state index is -2.28. The summed E-state index contributed by atoms with van der Waals surface area (Å²) in [6, 6.07) is 40.3. The van der Waals surface area contributed by atoms with Crippen molar-refractivity contribution in [2.24, 2.45) is 0 Å². The van der Waals surface area contributed by atoms with Gasteiger partial charge in [-0.3, -0.25) is 0 Å². The zero-order chi connectivity index (χ0) is 35.0. The monoisotopic (exact) mass is 812 g/mol. The summed E-state index contributed by atoms with van der Waals surface area (Å²) in [6.07, 6.45) is 3.81. The van der Waals surface area contributed by atoms with Crippen LogP contribution in [-0.2, 0) is 25.5 Å². The first kappa shape index (κ1) is 30.2. The molecule has 7 aromatic rings. The van der Waals surface area contributed by atoms with Crippen molar-refractivity contribution in [2.75, 3.05) is 0 Å². The minimum absolute atomic E-state index is 0. The Morgan fingerprint density at radius 3 is 2.26 bits per heavy atom. The SMILES string of the molecule is C[Si](C)(C)c1ccc(-c2[c-]cccc2)nc1.[2H]C([2H])([2H])c1c[c-]c(-c2cc(C(C)(C)c3ccc(C)cc3)ccn2)c2oc3ccccc3c12.[Ir]. The van der Waals surface area contributed by atoms with E-state index in [0.717, 1.165) is 22.2 Å². The number of hydrogen-bond donors (Lipinski definition) is 0. The van der Waals surface area contributed by atoms with E-state index in [1.54, 1.807) is 12.3 Å². The van der Waals surface area contributed by atoms with Crippen molar-refractivity contribution in [1.82, 2.24) is 9.97 Å². The van der Waals surface area contributed by atoms with E-state index >= 15 is 0 Å². The van der Waals surface area contributed by atoms with Crippen molar-refractivity contribution in [3.63, 3.8) is 0 Å². The van der Waals surface area contributed by atoms with E-state index in [-0.39, 0.29) is 31.1 Å². The Bertz CT molecular complexity index is 2220. The Balaban J connectivity index is 0.000000241. The molecule has 0 N–H and O–H groups in total. The van der Waals surface area contributed by atoms with Crippen molar-refractivity contribution in [1.29, 1.82) is 0 Å². The molecule has 0 aliphatic carbocycles. The number of benzene rings is 4. The van der Waals surface area contributed by atoms with Gasteiger partial charge in [0.25, 0.3) is 0 Å². The topological polar surface area (TPSA) is 38.9 Å². The van der Waals surface area contributed by atoms with Crippen molar-refractivity contribution >= 4 is 35.2 Å². The van der Waals surface area contributed by atoms with Crippen LogP contribution in [0.5, 0.6) is 0 Å². The van der Waals surface area contributed by atoms with Crippen LogP contribution in [0.1, 0.15) is 40.2 Å². The first-order valence-electron chi connectivity index (χ1n) is 17.1. The van der Waals surface area contributed by atoms with E-state index in [4.69, 9.17) is 8.53 Å². The van der Waals surface area contributed by atoms with Gasteiger partial charge in [0.15, 0.2) is 0 Å². The van der Waals surface area contributed by atoms with Crippen molar-refractivity contribution in [3.8, 4) is 22.5 Å². The third-order valence-electron chi connectivity index (χ3n) is 8.58. The van der Waals surface area contributed by atoms with E-state index in [1.807, 2.05) is 66.9 Å². The second-order valence-electron chi connectivity index (χ2n) is 13.3. The first-order valence-corrected chi connectivity index (χ1v) is 19.1. The Kier molecular flexibility index (Phi) is 8.94. The van der Waals surface area contributed by atoms with Gasteiger partial charge < -0.3 is 14.4 Å². The molecular formula is C42H40IrN2OSi-2. The summed E-state index contributed by atoms with van der Waals surface area (Å²) in [5, 5.41) is 2.78. The zero-order valence-electron chi connectivity index (χ0n) is 30.6. The molecule has 0 aliphatic rings. The standard InChI is InChI=1S/C28H24NO.C14H16NSi.Ir/c1-18-9-12-20(13-10-18)28(3,4)21-15-16-29-24(17-21)22-14-11-19(2)26-23-7-5-6-8-25(23)30-27(22)26;1-16(2,3)13-9-10-14(15-11-13)12-7-5-4-6-8-12;/h5-13,15-17H,1-4H3;4-7,9-11H,1-3H3;/q2*-1;/i2D3;;. The van der Waals surface area contributed by atoms with Crippen molar-refractivity contribution in [3.05, 3.63) is 150 Å². The number of rotatable bonds is 5. The molecule has 3 aromatic heterocycles. The van der Waals surface area contributed by atoms with E-state index in [2.05, 4.69) is 98.9 Å². The molecule has 0 saturated heterocycles. The summed E-state index contributed by atoms with van der Waals surface area (Å²) in [6.45, 7) is 11.2. The maximum absolute atomic E-state index is 8.03. The van der Waals surface area contributed by atoms with Gasteiger partial charge in [-0.15, -0.1) is 53.6 Å². The predicted molar refractivity (Wildman–Crippen MR) is 195 cm³/mol. The fourth-order valence-corrected chi connectivity index (χ4v) is 6.64. The summed E-state index contributed by atoms with van der Waals surface area (Å²) in [7, 11) is -1.23. The molecule has 4 aromatic carbocycles. The van der Waals surface area contributed by atoms with Crippen LogP contribution in [0, 0.1) is 25.9 Å². The molecule has 3 nitrogen and oxygen atoms in total. The summed E-state index contributed by atoms with van der Waals surface area (Å²) in [5.74, 6) is 0. The molecule has 0 amide bonds. The molecule has 7 rings (SSSR count). The Hall–Kier alpha value is -4.15. The summed E-state index contributed by atoms with van der Waals surface area (Å²) in [4.78, 5) is 9.13. The third kappa shape index (κ3) is 7.23. The Labute approximate surface area is 297 Å². The molecule has 0 aliphatic heterocycles. The van der Waals surface area contributed by atoms with Crippen molar-refractivity contribution in [2.45, 2.75) is 52.7 Å². The zero-order valence-corrected chi connectivity index (χ0v) is 31.0. The van der Waals surface area contributed by atoms with Crippen LogP contribution in [-0.4, -0.2) is 18.0 Å². The summed E-state index contributed by atoms with van der Waals surface area (Å²) in [5.41, 5.74) is 8.12. The molecule has 0 fully saturated rings. The predicted octanol–water partition coefficient (Wildman–Crippen LogP) is 10.5. The molecule has 0 atom stereocenters. The average molecular weight is 812 g/mol. The number of fused-ring (bicyclic) bond motifs is 3. The van der Waals surface area contributed by atoms with Crippen LogP contribution < -0.4 is 5.19 Å². The second kappa shape index (κ2) is 13.9. The Morgan fingerprint density at radius 1 is 0.809 bits per heavy atom. The van der Waals surface area contributed by atoms with Crippen molar-refractivity contribution < 1.29 is 28.6 Å². The molecule has 5 heteroatoms. The molecule has 239 valence electrons. The van der Waals surface area contributed by atoms with Gasteiger partial charge >= 0.3 is 0 Å². The molecule has 0 unspecified atom stereocenters. The van der Waals surface area contributed by atoms with E-state index in [9.17, 15) is 0 Å². The largest absolute Gasteiger partial charge is 0.501 e. The number of aryl methyl sites for hydroxylation is 2. The van der Waals surface area contributed by atoms with Crippen LogP contribution in [0.2, 0.25) is 19.6 Å². The second-order valence-corrected chi connectivity index (χ2v) is 18.3. The maximum atomic E-state index is 8.03. The smallest absolute Gasteiger partial charge is 0.120 e. The van der Waals surface area contributed by atoms with Crippen LogP contribution in [0.3, 0.4) is 0 Å². The van der Waals surface area contributed by atoms with Crippen LogP contribution in [0.4, 0.5) is 0 Å². The molecule has 3 heterocycles. The van der Waals surface area contributed by atoms with Gasteiger partial charge in [-0.05, 0) is 46.8 Å². The van der Waals surface area contributed by atoms with Gasteiger partial charge in [-0.25, -0.2) is 0 Å². The molecule has 1 radical (unpaired) electrons. The van der Waals surface area contributed by atoms with E-state index in [1.165, 1.54) is 16.3 Å². The fraction of sp³-hybridized carbons (Fsp3) is 0.190. The van der Waals surface area contributed by atoms with Gasteiger partial charge in [0.05, 0.1) is 13.7 Å². The number of aromatic nitrogens is 2. The fourth-order valence-electron chi connectivity index (χ4n) is 5.60. The molecular weight excluding hydrogens is 769 g/mol. The number of nitrogens with zero attached hydrogens (tertiary/aromatic N) is 2. The maximum Gasteiger partial charge on any atom is 0.120 e. The van der Waals surface area contributed by atoms with Crippen LogP contribution in [0.15, 0.2) is 120 Å². The third-order valence-corrected chi connectivity index (χ3v) is 10.6. The van der Waals surface area contributed by atoms with Gasteiger partial charge in [0.2, 0.25) is 0 Å². The van der Waals surface area contributed by atoms with Gasteiger partial charge in [-0.2, -0.15) is 0 Å². The normalized spacial score (nSPS) is 12.8. The summed E-state index contributed by atoms with van der Waals surface area (Å²) < 4.78 is 30.3. The van der Waals surface area contributed by atoms with E-state index < -0.39 is 14.9 Å². The quantitative estimate of drug-likeness (QED) is 0.128. The molecule has 47 heavy (non-hydrogen) atoms. The van der Waals surface area contributed by atoms with Gasteiger partial charge in [0, 0.05) is 47.4 Å². The van der Waals surface area contributed by atoms with Crippen LogP contribution >= 0.6 is 0 Å². The first-order chi connectivity index (χ1) is 23.2. The Morgan fingerprint density at radius 2 is 1.57 bits per heavy atom. The number of hydrogen-bond acceptors (Lipinski definition) is 3. The molecule has 0 bridgehead atoms. The number of pyridine rings is 2. The van der Waals surface area contributed by atoms with Crippen LogP contribution in [0.25, 0.3) is 44.5 Å². The number of furan rings is 1. The van der Waals surface area contributed by atoms with Gasteiger partial charge in [0.1, 0.15) is 5.58 Å². The summed E-state index contributed by atoms with van der Waals surface area (Å²) >= 11 is 0. The van der Waals surface area contributed by atoms with E-state index in [0.29, 0.717) is 27.8 Å². The number of para-hydroxylation sites is 1. The van der Waals surface area contributed by atoms with Gasteiger partial charge in [-0.1, -0.05) is 118 Å². The average Bonchev–Trinajstić information content (AvgIpc) is 3.48.